The number of pyridine rings is 1. The molecule has 1 rings (SSSR count). The molecular weight excluding hydrogens is 248 g/mol. The quantitative estimate of drug-likeness (QED) is 0.793. The molecule has 1 atom stereocenters. The molecule has 0 bridgehead atoms. The molecule has 1 unspecified atom stereocenters. The molecule has 0 saturated carbocycles. The van der Waals surface area contributed by atoms with Crippen LogP contribution in [-0.4, -0.2) is 40.9 Å². The Hall–Kier alpha value is -1.69. The second-order valence-electron chi connectivity index (χ2n) is 4.35. The van der Waals surface area contributed by atoms with Gasteiger partial charge in [0.25, 0.3) is 0 Å². The van der Waals surface area contributed by atoms with Gasteiger partial charge in [-0.2, -0.15) is 0 Å². The number of hydrogen-bond acceptors (Lipinski definition) is 4. The van der Waals surface area contributed by atoms with Crippen molar-refractivity contribution < 1.29 is 4.79 Å². The summed E-state index contributed by atoms with van der Waals surface area (Å²) in [5.74, 6) is 0.579. The van der Waals surface area contributed by atoms with Crippen molar-refractivity contribution in [3.63, 3.8) is 0 Å². The van der Waals surface area contributed by atoms with Crippen molar-refractivity contribution in [3.8, 4) is 0 Å². The van der Waals surface area contributed by atoms with E-state index in [0.29, 0.717) is 10.8 Å². The number of anilines is 1. The molecule has 0 radical (unpaired) electrons. The van der Waals surface area contributed by atoms with E-state index in [4.69, 9.17) is 18.0 Å². The van der Waals surface area contributed by atoms with E-state index in [1.165, 1.54) is 4.90 Å². The first-order valence-electron chi connectivity index (χ1n) is 5.57. The molecule has 6 heteroatoms. The van der Waals surface area contributed by atoms with Gasteiger partial charge in [0.1, 0.15) is 16.8 Å². The molecule has 1 amide bonds. The number of likely N-dealkylation sites (N-methyl/N-ethyl adjacent to an activating group) is 1. The molecule has 1 aromatic rings. The largest absolute Gasteiger partial charge is 0.389 e. The van der Waals surface area contributed by atoms with Crippen molar-refractivity contribution in [1.82, 2.24) is 9.88 Å². The van der Waals surface area contributed by atoms with Crippen LogP contribution in [0.15, 0.2) is 12.1 Å². The summed E-state index contributed by atoms with van der Waals surface area (Å²) in [6.07, 6.45) is 0. The van der Waals surface area contributed by atoms with Crippen molar-refractivity contribution >= 4 is 28.9 Å². The monoisotopic (exact) mass is 266 g/mol. The second-order valence-corrected chi connectivity index (χ2v) is 4.79. The Kier molecular flexibility index (Phi) is 4.61. The van der Waals surface area contributed by atoms with E-state index in [0.717, 1.165) is 11.3 Å². The Bertz CT molecular complexity index is 473. The van der Waals surface area contributed by atoms with Gasteiger partial charge in [0.05, 0.1) is 0 Å². The number of amides is 1. The maximum Gasteiger partial charge on any atom is 0.244 e. The van der Waals surface area contributed by atoms with Crippen LogP contribution < -0.4 is 11.1 Å². The normalized spacial score (nSPS) is 11.8. The van der Waals surface area contributed by atoms with Gasteiger partial charge >= 0.3 is 0 Å². The number of thiocarbonyl (C=S) groups is 1. The van der Waals surface area contributed by atoms with Crippen molar-refractivity contribution in [2.75, 3.05) is 19.4 Å². The molecule has 1 heterocycles. The summed E-state index contributed by atoms with van der Waals surface area (Å²) < 4.78 is 0. The Morgan fingerprint density at radius 2 is 2.11 bits per heavy atom. The van der Waals surface area contributed by atoms with Crippen molar-refractivity contribution in [2.45, 2.75) is 19.9 Å². The van der Waals surface area contributed by atoms with Crippen molar-refractivity contribution in [1.29, 1.82) is 0 Å². The maximum absolute atomic E-state index is 11.7. The highest BCUT2D eigenvalue weighted by molar-refractivity contribution is 7.80. The number of carbonyl (C=O) groups excluding carboxylic acids is 1. The minimum atomic E-state index is -0.353. The average Bonchev–Trinajstić information content (AvgIpc) is 2.26. The Morgan fingerprint density at radius 3 is 2.61 bits per heavy atom. The maximum atomic E-state index is 11.7. The van der Waals surface area contributed by atoms with Gasteiger partial charge in [-0.25, -0.2) is 4.98 Å². The fourth-order valence-electron chi connectivity index (χ4n) is 1.56. The molecule has 0 spiro atoms. The molecule has 1 aromatic heterocycles. The second kappa shape index (κ2) is 5.77. The number of nitrogens with zero attached hydrogens (tertiary/aromatic N) is 2. The highest BCUT2D eigenvalue weighted by Gasteiger charge is 2.15. The highest BCUT2D eigenvalue weighted by Crippen LogP contribution is 2.11. The topological polar surface area (TPSA) is 71.2 Å². The predicted octanol–water partition coefficient (Wildman–Crippen LogP) is 0.913. The van der Waals surface area contributed by atoms with Gasteiger partial charge in [0, 0.05) is 25.4 Å². The number of carbonyl (C=O) groups is 1. The summed E-state index contributed by atoms with van der Waals surface area (Å²) in [6, 6.07) is 3.20. The van der Waals surface area contributed by atoms with Crippen LogP contribution in [0.4, 0.5) is 5.82 Å². The first-order chi connectivity index (χ1) is 8.31. The zero-order valence-corrected chi connectivity index (χ0v) is 11.8. The minimum Gasteiger partial charge on any atom is -0.389 e. The van der Waals surface area contributed by atoms with Gasteiger partial charge in [-0.3, -0.25) is 4.79 Å². The van der Waals surface area contributed by atoms with Gasteiger partial charge in [-0.1, -0.05) is 12.2 Å². The first kappa shape index (κ1) is 14.4. The van der Waals surface area contributed by atoms with Crippen LogP contribution >= 0.6 is 12.2 Å². The van der Waals surface area contributed by atoms with Gasteiger partial charge in [-0.15, -0.1) is 0 Å². The van der Waals surface area contributed by atoms with E-state index < -0.39 is 0 Å². The third-order valence-corrected chi connectivity index (χ3v) is 2.65. The standard InChI is InChI=1S/C12H18N4OS/c1-7-5-9(11(13)18)6-10(14-7)15-8(2)12(17)16(3)4/h5-6,8H,1-4H3,(H2,13,18)(H,14,15). The van der Waals surface area contributed by atoms with E-state index in [2.05, 4.69) is 10.3 Å². The van der Waals surface area contributed by atoms with Crippen LogP contribution in [0, 0.1) is 6.92 Å². The lowest BCUT2D eigenvalue weighted by Gasteiger charge is -2.19. The summed E-state index contributed by atoms with van der Waals surface area (Å²) >= 11 is 4.94. The average molecular weight is 266 g/mol. The predicted molar refractivity (Wildman–Crippen MR) is 76.6 cm³/mol. The number of rotatable bonds is 4. The molecule has 3 N–H and O–H groups in total. The van der Waals surface area contributed by atoms with Crippen LogP contribution in [0.1, 0.15) is 18.2 Å². The molecular formula is C12H18N4OS. The summed E-state index contributed by atoms with van der Waals surface area (Å²) in [5.41, 5.74) is 7.13. The van der Waals surface area contributed by atoms with Crippen molar-refractivity contribution in [2.24, 2.45) is 5.73 Å². The fraction of sp³-hybridized carbons (Fsp3) is 0.417. The fourth-order valence-corrected chi connectivity index (χ4v) is 1.67. The Balaban J connectivity index is 2.91. The molecule has 0 aliphatic rings. The molecule has 0 aliphatic heterocycles. The molecule has 0 aromatic carbocycles. The number of aryl methyl sites for hydroxylation is 1. The van der Waals surface area contributed by atoms with Gasteiger partial charge in [-0.05, 0) is 26.0 Å². The molecule has 0 fully saturated rings. The minimum absolute atomic E-state index is 0.0184. The van der Waals surface area contributed by atoms with Gasteiger partial charge < -0.3 is 16.0 Å². The molecule has 5 nitrogen and oxygen atoms in total. The molecule has 18 heavy (non-hydrogen) atoms. The number of nitrogens with two attached hydrogens (primary N) is 1. The summed E-state index contributed by atoms with van der Waals surface area (Å²) in [7, 11) is 3.43. The van der Waals surface area contributed by atoms with E-state index >= 15 is 0 Å². The van der Waals surface area contributed by atoms with Crippen LogP contribution in [0.5, 0.6) is 0 Å². The van der Waals surface area contributed by atoms with Crippen LogP contribution in [0.3, 0.4) is 0 Å². The van der Waals surface area contributed by atoms with Gasteiger partial charge in [0.2, 0.25) is 5.91 Å². The summed E-state index contributed by atoms with van der Waals surface area (Å²) in [4.78, 5) is 17.9. The van der Waals surface area contributed by atoms with E-state index in [9.17, 15) is 4.79 Å². The van der Waals surface area contributed by atoms with Crippen LogP contribution in [0.2, 0.25) is 0 Å². The van der Waals surface area contributed by atoms with Crippen LogP contribution in [0.25, 0.3) is 0 Å². The number of hydrogen-bond donors (Lipinski definition) is 2. The lowest BCUT2D eigenvalue weighted by atomic mass is 10.2. The van der Waals surface area contributed by atoms with Crippen LogP contribution in [-0.2, 0) is 4.79 Å². The molecule has 0 saturated heterocycles. The van der Waals surface area contributed by atoms with E-state index in [-0.39, 0.29) is 11.9 Å². The smallest absolute Gasteiger partial charge is 0.244 e. The molecule has 98 valence electrons. The van der Waals surface area contributed by atoms with Crippen molar-refractivity contribution in [3.05, 3.63) is 23.4 Å². The van der Waals surface area contributed by atoms with E-state index in [1.54, 1.807) is 27.1 Å². The van der Waals surface area contributed by atoms with E-state index in [1.807, 2.05) is 13.0 Å². The third kappa shape index (κ3) is 3.66. The molecule has 0 aliphatic carbocycles. The first-order valence-corrected chi connectivity index (χ1v) is 5.98. The van der Waals surface area contributed by atoms with Gasteiger partial charge in [0.15, 0.2) is 0 Å². The lowest BCUT2D eigenvalue weighted by molar-refractivity contribution is -0.129. The zero-order chi connectivity index (χ0) is 13.9. The number of nitrogens with one attached hydrogen (secondary N) is 1. The highest BCUT2D eigenvalue weighted by atomic mass is 32.1. The number of aromatic nitrogens is 1. The Morgan fingerprint density at radius 1 is 1.50 bits per heavy atom. The SMILES string of the molecule is Cc1cc(C(N)=S)cc(NC(C)C(=O)N(C)C)n1. The Labute approximate surface area is 112 Å². The summed E-state index contributed by atoms with van der Waals surface area (Å²) in [5, 5.41) is 3.04. The summed E-state index contributed by atoms with van der Waals surface area (Å²) in [6.45, 7) is 3.64. The third-order valence-electron chi connectivity index (χ3n) is 2.41. The lowest BCUT2D eigenvalue weighted by Crippen LogP contribution is -2.36. The zero-order valence-electron chi connectivity index (χ0n) is 11.0.